The van der Waals surface area contributed by atoms with Gasteiger partial charge in [0.2, 0.25) is 5.91 Å². The van der Waals surface area contributed by atoms with E-state index in [2.05, 4.69) is 15.1 Å². The Morgan fingerprint density at radius 3 is 2.50 bits per heavy atom. The zero-order chi connectivity index (χ0) is 15.7. The number of nitrogens with zero attached hydrogens (tertiary/aromatic N) is 5. The molecule has 0 aromatic carbocycles. The van der Waals surface area contributed by atoms with Gasteiger partial charge in [-0.15, -0.1) is 5.10 Å². The van der Waals surface area contributed by atoms with Crippen molar-refractivity contribution in [1.82, 2.24) is 24.5 Å². The molecule has 1 aliphatic heterocycles. The lowest BCUT2D eigenvalue weighted by atomic mass is 10.2. The minimum atomic E-state index is 0.0956. The molecule has 2 aromatic heterocycles. The quantitative estimate of drug-likeness (QED) is 0.851. The predicted molar refractivity (Wildman–Crippen MR) is 84.0 cm³/mol. The maximum atomic E-state index is 12.4. The van der Waals surface area contributed by atoms with E-state index in [1.165, 1.54) is 12.8 Å². The first-order chi connectivity index (χ1) is 10.6. The summed E-state index contributed by atoms with van der Waals surface area (Å²) in [6.45, 7) is 5.40. The number of carbonyl (C=O) groups excluding carboxylic acids is 1. The minimum Gasteiger partial charge on any atom is -0.342 e. The molecule has 1 aliphatic rings. The molecular weight excluding hydrogens is 302 g/mol. The first-order valence-corrected chi connectivity index (χ1v) is 8.10. The summed E-state index contributed by atoms with van der Waals surface area (Å²) in [5.41, 5.74) is 1.52. The van der Waals surface area contributed by atoms with Crippen molar-refractivity contribution in [2.75, 3.05) is 13.1 Å². The summed E-state index contributed by atoms with van der Waals surface area (Å²) >= 11 is 6.19. The molecule has 6 nitrogen and oxygen atoms in total. The Hall–Kier alpha value is -1.69. The lowest BCUT2D eigenvalue weighted by molar-refractivity contribution is -0.130. The summed E-state index contributed by atoms with van der Waals surface area (Å²) in [6, 6.07) is 0. The summed E-state index contributed by atoms with van der Waals surface area (Å²) in [5.74, 6) is 1.10. The van der Waals surface area contributed by atoms with Crippen LogP contribution >= 0.6 is 11.6 Å². The van der Waals surface area contributed by atoms with Gasteiger partial charge in [-0.1, -0.05) is 24.4 Å². The molecule has 0 N–H and O–H groups in total. The van der Waals surface area contributed by atoms with Crippen LogP contribution in [-0.2, 0) is 11.2 Å². The number of carbonyl (C=O) groups is 1. The molecule has 0 radical (unpaired) electrons. The number of rotatable bonds is 2. The third-order valence-corrected chi connectivity index (χ3v) is 4.67. The molecule has 0 unspecified atom stereocenters. The molecule has 0 atom stereocenters. The molecule has 1 amide bonds. The molecular formula is C15H20ClN5O. The maximum Gasteiger partial charge on any atom is 0.252 e. The van der Waals surface area contributed by atoms with E-state index in [0.717, 1.165) is 37.3 Å². The van der Waals surface area contributed by atoms with Gasteiger partial charge < -0.3 is 4.90 Å². The van der Waals surface area contributed by atoms with Crippen molar-refractivity contribution in [3.63, 3.8) is 0 Å². The van der Waals surface area contributed by atoms with Crippen LogP contribution in [0.3, 0.4) is 0 Å². The van der Waals surface area contributed by atoms with Crippen LogP contribution in [0.2, 0.25) is 5.02 Å². The predicted octanol–water partition coefficient (Wildman–Crippen LogP) is 2.34. The molecule has 3 heterocycles. The lowest BCUT2D eigenvalue weighted by Crippen LogP contribution is -2.33. The fraction of sp³-hybridized carbons (Fsp3) is 0.600. The van der Waals surface area contributed by atoms with Gasteiger partial charge in [0.1, 0.15) is 0 Å². The lowest BCUT2D eigenvalue weighted by Gasteiger charge is -2.19. The van der Waals surface area contributed by atoms with E-state index >= 15 is 0 Å². The molecule has 0 aliphatic carbocycles. The van der Waals surface area contributed by atoms with Crippen LogP contribution in [0.1, 0.15) is 42.9 Å². The molecule has 2 aromatic rings. The Bertz CT molecular complexity index is 704. The van der Waals surface area contributed by atoms with Crippen LogP contribution in [-0.4, -0.2) is 43.5 Å². The van der Waals surface area contributed by atoms with Crippen LogP contribution < -0.4 is 0 Å². The largest absolute Gasteiger partial charge is 0.342 e. The number of likely N-dealkylation sites (tertiary alicyclic amines) is 1. The van der Waals surface area contributed by atoms with Crippen LogP contribution in [0.4, 0.5) is 0 Å². The highest BCUT2D eigenvalue weighted by Gasteiger charge is 2.19. The number of halogens is 1. The van der Waals surface area contributed by atoms with Crippen molar-refractivity contribution in [1.29, 1.82) is 0 Å². The molecule has 22 heavy (non-hydrogen) atoms. The Kier molecular flexibility index (Phi) is 4.29. The Labute approximate surface area is 134 Å². The second-order valence-corrected chi connectivity index (χ2v) is 6.19. The number of hydrogen-bond acceptors (Lipinski definition) is 4. The minimum absolute atomic E-state index is 0.0956. The van der Waals surface area contributed by atoms with Crippen molar-refractivity contribution in [3.8, 4) is 0 Å². The van der Waals surface area contributed by atoms with E-state index in [4.69, 9.17) is 11.6 Å². The van der Waals surface area contributed by atoms with E-state index < -0.39 is 0 Å². The number of hydrogen-bond donors (Lipinski definition) is 0. The highest BCUT2D eigenvalue weighted by molar-refractivity contribution is 6.31. The number of fused-ring (bicyclic) bond motifs is 1. The number of aromatic nitrogens is 4. The van der Waals surface area contributed by atoms with Crippen LogP contribution in [0, 0.1) is 13.8 Å². The second-order valence-electron chi connectivity index (χ2n) is 5.81. The molecule has 0 bridgehead atoms. The maximum absolute atomic E-state index is 12.4. The summed E-state index contributed by atoms with van der Waals surface area (Å²) < 4.78 is 1.61. The van der Waals surface area contributed by atoms with Crippen LogP contribution in [0.25, 0.3) is 5.78 Å². The number of amides is 1. The van der Waals surface area contributed by atoms with E-state index in [1.807, 2.05) is 18.7 Å². The standard InChI is InChI=1S/C15H20ClN5O/c1-10-14(16)11(2)21-15(17-10)18-12(19-21)9-13(22)20-7-5-3-4-6-8-20/h3-9H2,1-2H3. The van der Waals surface area contributed by atoms with E-state index in [-0.39, 0.29) is 12.3 Å². The van der Waals surface area contributed by atoms with Crippen molar-refractivity contribution in [2.45, 2.75) is 46.0 Å². The highest BCUT2D eigenvalue weighted by atomic mass is 35.5. The van der Waals surface area contributed by atoms with Gasteiger partial charge in [-0.25, -0.2) is 4.98 Å². The normalized spacial score (nSPS) is 16.0. The molecule has 118 valence electrons. The summed E-state index contributed by atoms with van der Waals surface area (Å²) in [5, 5.41) is 4.97. The first-order valence-electron chi connectivity index (χ1n) is 7.72. The average Bonchev–Trinajstić information content (AvgIpc) is 2.73. The average molecular weight is 322 g/mol. The topological polar surface area (TPSA) is 63.4 Å². The number of aryl methyl sites for hydroxylation is 2. The van der Waals surface area contributed by atoms with Gasteiger partial charge in [0, 0.05) is 13.1 Å². The zero-order valence-electron chi connectivity index (χ0n) is 13.0. The van der Waals surface area contributed by atoms with Gasteiger partial charge >= 0.3 is 0 Å². The molecule has 0 spiro atoms. The third kappa shape index (κ3) is 2.92. The van der Waals surface area contributed by atoms with Gasteiger partial charge in [-0.3, -0.25) is 4.79 Å². The van der Waals surface area contributed by atoms with Crippen molar-refractivity contribution in [3.05, 3.63) is 22.2 Å². The zero-order valence-corrected chi connectivity index (χ0v) is 13.7. The SMILES string of the molecule is Cc1nc2nc(CC(=O)N3CCCCCC3)nn2c(C)c1Cl. The van der Waals surface area contributed by atoms with E-state index in [0.29, 0.717) is 16.6 Å². The van der Waals surface area contributed by atoms with Crippen molar-refractivity contribution in [2.24, 2.45) is 0 Å². The fourth-order valence-corrected chi connectivity index (χ4v) is 2.96. The summed E-state index contributed by atoms with van der Waals surface area (Å²) in [4.78, 5) is 23.0. The van der Waals surface area contributed by atoms with Gasteiger partial charge in [-0.05, 0) is 26.7 Å². The molecule has 7 heteroatoms. The summed E-state index contributed by atoms with van der Waals surface area (Å²) in [6.07, 6.45) is 4.80. The van der Waals surface area contributed by atoms with E-state index in [1.54, 1.807) is 4.52 Å². The monoisotopic (exact) mass is 321 g/mol. The van der Waals surface area contributed by atoms with Gasteiger partial charge in [-0.2, -0.15) is 9.50 Å². The molecule has 3 rings (SSSR count). The van der Waals surface area contributed by atoms with E-state index in [9.17, 15) is 4.79 Å². The van der Waals surface area contributed by atoms with Crippen LogP contribution in [0.5, 0.6) is 0 Å². The molecule has 1 fully saturated rings. The smallest absolute Gasteiger partial charge is 0.252 e. The Balaban J connectivity index is 1.82. The Morgan fingerprint density at radius 2 is 1.82 bits per heavy atom. The van der Waals surface area contributed by atoms with Gasteiger partial charge in [0.15, 0.2) is 5.82 Å². The van der Waals surface area contributed by atoms with Gasteiger partial charge in [0.05, 0.1) is 22.8 Å². The first kappa shape index (κ1) is 15.2. The van der Waals surface area contributed by atoms with Crippen molar-refractivity contribution < 1.29 is 4.79 Å². The fourth-order valence-electron chi connectivity index (χ4n) is 2.84. The summed E-state index contributed by atoms with van der Waals surface area (Å²) in [7, 11) is 0. The molecule has 1 saturated heterocycles. The van der Waals surface area contributed by atoms with Crippen LogP contribution in [0.15, 0.2) is 0 Å². The highest BCUT2D eigenvalue weighted by Crippen LogP contribution is 2.19. The van der Waals surface area contributed by atoms with Gasteiger partial charge in [0.25, 0.3) is 5.78 Å². The van der Waals surface area contributed by atoms with Crippen molar-refractivity contribution >= 4 is 23.3 Å². The molecule has 0 saturated carbocycles. The Morgan fingerprint density at radius 1 is 1.14 bits per heavy atom. The second kappa shape index (κ2) is 6.20. The third-order valence-electron chi connectivity index (χ3n) is 4.12.